The quantitative estimate of drug-likeness (QED) is 0.800. The van der Waals surface area contributed by atoms with Crippen LogP contribution >= 0.6 is 0 Å². The Kier molecular flexibility index (Phi) is 4.14. The number of carbonyl (C=O) groups is 2. The Morgan fingerprint density at radius 2 is 1.71 bits per heavy atom. The van der Waals surface area contributed by atoms with Gasteiger partial charge in [-0.1, -0.05) is 6.07 Å². The second-order valence-electron chi connectivity index (χ2n) is 3.60. The van der Waals surface area contributed by atoms with E-state index in [-0.39, 0.29) is 12.8 Å². The van der Waals surface area contributed by atoms with Crippen molar-refractivity contribution in [2.24, 2.45) is 11.5 Å². The highest BCUT2D eigenvalue weighted by atomic mass is 19.1. The summed E-state index contributed by atoms with van der Waals surface area (Å²) >= 11 is 0. The van der Waals surface area contributed by atoms with E-state index in [0.29, 0.717) is 0 Å². The number of benzene rings is 1. The van der Waals surface area contributed by atoms with Crippen LogP contribution in [0, 0.1) is 11.6 Å². The molecule has 1 aromatic rings. The van der Waals surface area contributed by atoms with Gasteiger partial charge in [-0.15, -0.1) is 0 Å². The van der Waals surface area contributed by atoms with E-state index in [1.54, 1.807) is 0 Å². The second-order valence-corrected chi connectivity index (χ2v) is 3.60. The van der Waals surface area contributed by atoms with Crippen molar-refractivity contribution in [3.05, 3.63) is 35.4 Å². The summed E-state index contributed by atoms with van der Waals surface area (Å²) in [7, 11) is 0. The molecule has 0 fully saturated rings. The van der Waals surface area contributed by atoms with Gasteiger partial charge in [0, 0.05) is 12.0 Å². The SMILES string of the molecule is NC(=O)CCC(C(N)=O)c1c(F)cccc1F. The summed E-state index contributed by atoms with van der Waals surface area (Å²) in [4.78, 5) is 21.8. The number of nitrogens with two attached hydrogens (primary N) is 2. The molecule has 0 spiro atoms. The van der Waals surface area contributed by atoms with Crippen LogP contribution in [0.3, 0.4) is 0 Å². The molecule has 1 atom stereocenters. The van der Waals surface area contributed by atoms with E-state index in [0.717, 1.165) is 12.1 Å². The van der Waals surface area contributed by atoms with Crippen LogP contribution in [0.1, 0.15) is 24.3 Å². The van der Waals surface area contributed by atoms with E-state index in [9.17, 15) is 18.4 Å². The Morgan fingerprint density at radius 3 is 2.12 bits per heavy atom. The van der Waals surface area contributed by atoms with E-state index in [4.69, 9.17) is 11.5 Å². The number of halogens is 2. The highest BCUT2D eigenvalue weighted by Crippen LogP contribution is 2.26. The van der Waals surface area contributed by atoms with Crippen molar-refractivity contribution in [1.29, 1.82) is 0 Å². The zero-order valence-electron chi connectivity index (χ0n) is 8.95. The molecule has 0 aliphatic heterocycles. The lowest BCUT2D eigenvalue weighted by Crippen LogP contribution is -2.25. The lowest BCUT2D eigenvalue weighted by atomic mass is 9.92. The van der Waals surface area contributed by atoms with Crippen LogP contribution in [-0.4, -0.2) is 11.8 Å². The summed E-state index contributed by atoms with van der Waals surface area (Å²) in [5.74, 6) is -4.47. The molecule has 17 heavy (non-hydrogen) atoms. The maximum atomic E-state index is 13.4. The van der Waals surface area contributed by atoms with Crippen molar-refractivity contribution >= 4 is 11.8 Å². The number of rotatable bonds is 5. The van der Waals surface area contributed by atoms with E-state index < -0.39 is 34.9 Å². The lowest BCUT2D eigenvalue weighted by molar-refractivity contribution is -0.120. The fourth-order valence-corrected chi connectivity index (χ4v) is 1.56. The number of hydrogen-bond donors (Lipinski definition) is 2. The number of carbonyl (C=O) groups excluding carboxylic acids is 2. The molecule has 1 unspecified atom stereocenters. The maximum Gasteiger partial charge on any atom is 0.225 e. The zero-order valence-corrected chi connectivity index (χ0v) is 8.95. The third-order valence-electron chi connectivity index (χ3n) is 2.37. The number of amides is 2. The standard InChI is InChI=1S/C11H12F2N2O2/c12-7-2-1-3-8(13)10(7)6(11(15)17)4-5-9(14)16/h1-3,6H,4-5H2,(H2,14,16)(H2,15,17). The largest absolute Gasteiger partial charge is 0.370 e. The third-order valence-corrected chi connectivity index (χ3v) is 2.37. The molecule has 0 aliphatic rings. The molecular formula is C11H12F2N2O2. The maximum absolute atomic E-state index is 13.4. The molecule has 1 aromatic carbocycles. The van der Waals surface area contributed by atoms with Gasteiger partial charge < -0.3 is 11.5 Å². The van der Waals surface area contributed by atoms with Crippen molar-refractivity contribution in [2.75, 3.05) is 0 Å². The summed E-state index contributed by atoms with van der Waals surface area (Å²) in [6.45, 7) is 0. The van der Waals surface area contributed by atoms with Crippen LogP contribution in [-0.2, 0) is 9.59 Å². The predicted octanol–water partition coefficient (Wildman–Crippen LogP) is 0.799. The summed E-state index contributed by atoms with van der Waals surface area (Å²) in [6, 6.07) is 3.23. The van der Waals surface area contributed by atoms with Gasteiger partial charge in [-0.05, 0) is 18.6 Å². The number of hydrogen-bond acceptors (Lipinski definition) is 2. The summed E-state index contributed by atoms with van der Waals surface area (Å²) in [5, 5.41) is 0. The molecule has 0 aliphatic carbocycles. The van der Waals surface area contributed by atoms with E-state index in [1.807, 2.05) is 0 Å². The van der Waals surface area contributed by atoms with Gasteiger partial charge in [0.2, 0.25) is 11.8 Å². The van der Waals surface area contributed by atoms with Crippen LogP contribution in [0.4, 0.5) is 8.78 Å². The first-order valence-electron chi connectivity index (χ1n) is 4.95. The summed E-state index contributed by atoms with van der Waals surface area (Å²) in [6.07, 6.45) is -0.274. The monoisotopic (exact) mass is 242 g/mol. The Labute approximate surface area is 96.6 Å². The molecule has 0 radical (unpaired) electrons. The third kappa shape index (κ3) is 3.24. The van der Waals surface area contributed by atoms with Gasteiger partial charge in [-0.25, -0.2) is 8.78 Å². The van der Waals surface area contributed by atoms with Crippen LogP contribution in [0.2, 0.25) is 0 Å². The van der Waals surface area contributed by atoms with Crippen molar-refractivity contribution in [3.63, 3.8) is 0 Å². The van der Waals surface area contributed by atoms with Crippen LogP contribution in [0.25, 0.3) is 0 Å². The molecule has 0 aromatic heterocycles. The normalized spacial score (nSPS) is 12.1. The predicted molar refractivity (Wildman–Crippen MR) is 56.7 cm³/mol. The summed E-state index contributed by atoms with van der Waals surface area (Å²) < 4.78 is 26.8. The second kappa shape index (κ2) is 5.38. The average molecular weight is 242 g/mol. The van der Waals surface area contributed by atoms with Crippen molar-refractivity contribution < 1.29 is 18.4 Å². The highest BCUT2D eigenvalue weighted by Gasteiger charge is 2.25. The molecule has 0 bridgehead atoms. The highest BCUT2D eigenvalue weighted by molar-refractivity contribution is 5.83. The molecule has 4 N–H and O–H groups in total. The first kappa shape index (κ1) is 13.1. The fraction of sp³-hybridized carbons (Fsp3) is 0.273. The Bertz CT molecular complexity index is 429. The van der Waals surface area contributed by atoms with E-state index >= 15 is 0 Å². The molecular weight excluding hydrogens is 230 g/mol. The van der Waals surface area contributed by atoms with Crippen LogP contribution in [0.5, 0.6) is 0 Å². The van der Waals surface area contributed by atoms with Gasteiger partial charge in [0.15, 0.2) is 0 Å². The Morgan fingerprint density at radius 1 is 1.18 bits per heavy atom. The van der Waals surface area contributed by atoms with Gasteiger partial charge >= 0.3 is 0 Å². The first-order chi connectivity index (χ1) is 7.93. The Hall–Kier alpha value is -1.98. The fourth-order valence-electron chi connectivity index (χ4n) is 1.56. The number of primary amides is 2. The minimum Gasteiger partial charge on any atom is -0.370 e. The molecule has 0 saturated heterocycles. The zero-order chi connectivity index (χ0) is 13.0. The van der Waals surface area contributed by atoms with Gasteiger partial charge in [-0.2, -0.15) is 0 Å². The van der Waals surface area contributed by atoms with Gasteiger partial charge in [0.1, 0.15) is 11.6 Å². The van der Waals surface area contributed by atoms with Crippen molar-refractivity contribution in [2.45, 2.75) is 18.8 Å². The minimum atomic E-state index is -1.19. The first-order valence-corrected chi connectivity index (χ1v) is 4.95. The van der Waals surface area contributed by atoms with Gasteiger partial charge in [0.25, 0.3) is 0 Å². The van der Waals surface area contributed by atoms with Crippen LogP contribution < -0.4 is 11.5 Å². The molecule has 92 valence electrons. The van der Waals surface area contributed by atoms with E-state index in [2.05, 4.69) is 0 Å². The average Bonchev–Trinajstić information content (AvgIpc) is 2.21. The molecule has 1 rings (SSSR count). The van der Waals surface area contributed by atoms with Crippen LogP contribution in [0.15, 0.2) is 18.2 Å². The molecule has 0 heterocycles. The van der Waals surface area contributed by atoms with Gasteiger partial charge in [0.05, 0.1) is 5.92 Å². The minimum absolute atomic E-state index is 0.109. The van der Waals surface area contributed by atoms with Gasteiger partial charge in [-0.3, -0.25) is 9.59 Å². The lowest BCUT2D eigenvalue weighted by Gasteiger charge is -2.14. The van der Waals surface area contributed by atoms with Crippen molar-refractivity contribution in [1.82, 2.24) is 0 Å². The molecule has 4 nitrogen and oxygen atoms in total. The molecule has 2 amide bonds. The smallest absolute Gasteiger partial charge is 0.225 e. The van der Waals surface area contributed by atoms with E-state index in [1.165, 1.54) is 6.07 Å². The molecule has 6 heteroatoms. The topological polar surface area (TPSA) is 86.2 Å². The Balaban J connectivity index is 3.05. The van der Waals surface area contributed by atoms with Crippen molar-refractivity contribution in [3.8, 4) is 0 Å². The molecule has 0 saturated carbocycles. The summed E-state index contributed by atoms with van der Waals surface area (Å²) in [5.41, 5.74) is 9.57.